The maximum Gasteiger partial charge on any atom is 0.224 e. The third kappa shape index (κ3) is 6.24. The van der Waals surface area contributed by atoms with Crippen molar-refractivity contribution >= 4 is 34.8 Å². The van der Waals surface area contributed by atoms with Crippen LogP contribution in [0.5, 0.6) is 0 Å². The lowest BCUT2D eigenvalue weighted by Crippen LogP contribution is -2.09. The molecule has 1 amide bonds. The number of thiophene rings is 1. The molecule has 0 aliphatic carbocycles. The zero-order chi connectivity index (χ0) is 16.3. The van der Waals surface area contributed by atoms with E-state index in [0.717, 1.165) is 4.88 Å². The van der Waals surface area contributed by atoms with E-state index in [-0.39, 0.29) is 5.91 Å². The van der Waals surface area contributed by atoms with Gasteiger partial charge in [-0.15, -0.1) is 11.3 Å². The third-order valence-electron chi connectivity index (χ3n) is 2.20. The van der Waals surface area contributed by atoms with Crippen LogP contribution in [0.2, 0.25) is 0 Å². The molecule has 1 aromatic heterocycles. The Hall–Kier alpha value is -2.12. The lowest BCUT2D eigenvalue weighted by Gasteiger charge is -2.00. The summed E-state index contributed by atoms with van der Waals surface area (Å²) in [5.41, 5.74) is 12.0. The lowest BCUT2D eigenvalue weighted by atomic mass is 10.2. The van der Waals surface area contributed by atoms with Crippen LogP contribution >= 0.6 is 11.3 Å². The van der Waals surface area contributed by atoms with Gasteiger partial charge in [-0.1, -0.05) is 6.92 Å². The first-order valence-electron chi connectivity index (χ1n) is 6.17. The second kappa shape index (κ2) is 10.6. The van der Waals surface area contributed by atoms with Crippen molar-refractivity contribution in [2.75, 3.05) is 19.5 Å². The van der Waals surface area contributed by atoms with Crippen LogP contribution in [0, 0.1) is 0 Å². The Balaban J connectivity index is 0.00000122. The first-order chi connectivity index (χ1) is 10.1. The summed E-state index contributed by atoms with van der Waals surface area (Å²) < 4.78 is 4.25. The van der Waals surface area contributed by atoms with Crippen molar-refractivity contribution in [3.05, 3.63) is 34.3 Å². The van der Waals surface area contributed by atoms with Crippen LogP contribution in [0.1, 0.15) is 27.9 Å². The van der Waals surface area contributed by atoms with Crippen molar-refractivity contribution in [2.24, 2.45) is 11.5 Å². The predicted octanol–water partition coefficient (Wildman–Crippen LogP) is 1.94. The molecular weight excluding hydrogens is 290 g/mol. The van der Waals surface area contributed by atoms with Gasteiger partial charge in [0.05, 0.1) is 10.6 Å². The van der Waals surface area contributed by atoms with Crippen LogP contribution in [0.3, 0.4) is 0 Å². The number of hydrogen-bond acceptors (Lipinski definition) is 6. The summed E-state index contributed by atoms with van der Waals surface area (Å²) in [5.74, 6) is -0.143. The molecule has 21 heavy (non-hydrogen) atoms. The standard InChI is InChI=1S/C12H15N3O2S.C2H6O/c1-2-12(17)15-9-5-10(18-11(9)7-16)8(6-14)3-4-13;1-3-2/h3-7H,2,13-14H2,1H3,(H,15,17);1-2H3/b4-3-,8-6+;. The van der Waals surface area contributed by atoms with Crippen LogP contribution in [0.4, 0.5) is 5.69 Å². The average Bonchev–Trinajstić information content (AvgIpc) is 2.88. The molecule has 7 heteroatoms. The van der Waals surface area contributed by atoms with Gasteiger partial charge in [-0.25, -0.2) is 0 Å². The number of amides is 1. The number of carbonyl (C=O) groups is 2. The summed E-state index contributed by atoms with van der Waals surface area (Å²) in [4.78, 5) is 23.5. The number of hydrogen-bond donors (Lipinski definition) is 3. The van der Waals surface area contributed by atoms with E-state index in [0.29, 0.717) is 28.8 Å². The molecule has 0 spiro atoms. The number of anilines is 1. The average molecular weight is 311 g/mol. The molecule has 6 nitrogen and oxygen atoms in total. The van der Waals surface area contributed by atoms with Crippen molar-refractivity contribution in [1.82, 2.24) is 0 Å². The van der Waals surface area contributed by atoms with Crippen LogP contribution in [0.15, 0.2) is 24.5 Å². The zero-order valence-corrected chi connectivity index (χ0v) is 13.2. The van der Waals surface area contributed by atoms with Gasteiger partial charge in [0.2, 0.25) is 5.91 Å². The minimum atomic E-state index is -0.143. The van der Waals surface area contributed by atoms with Gasteiger partial charge in [0, 0.05) is 37.3 Å². The molecule has 0 radical (unpaired) electrons. The molecule has 0 saturated carbocycles. The van der Waals surface area contributed by atoms with Crippen molar-refractivity contribution in [1.29, 1.82) is 0 Å². The number of ether oxygens (including phenoxy) is 1. The second-order valence-electron chi connectivity index (χ2n) is 3.80. The van der Waals surface area contributed by atoms with E-state index < -0.39 is 0 Å². The van der Waals surface area contributed by atoms with Gasteiger partial charge >= 0.3 is 0 Å². The maximum absolute atomic E-state index is 11.3. The zero-order valence-electron chi connectivity index (χ0n) is 12.4. The predicted molar refractivity (Wildman–Crippen MR) is 87.1 cm³/mol. The number of nitrogens with two attached hydrogens (primary N) is 2. The van der Waals surface area contributed by atoms with Gasteiger partial charge in [-0.2, -0.15) is 0 Å². The van der Waals surface area contributed by atoms with Gasteiger partial charge in [-0.3, -0.25) is 9.59 Å². The molecule has 116 valence electrons. The number of aldehydes is 1. The highest BCUT2D eigenvalue weighted by Crippen LogP contribution is 2.31. The van der Waals surface area contributed by atoms with Gasteiger partial charge < -0.3 is 21.5 Å². The monoisotopic (exact) mass is 311 g/mol. The number of nitrogens with one attached hydrogen (secondary N) is 1. The van der Waals surface area contributed by atoms with Gasteiger partial charge in [0.1, 0.15) is 0 Å². The first-order valence-corrected chi connectivity index (χ1v) is 6.99. The quantitative estimate of drug-likeness (QED) is 0.569. The van der Waals surface area contributed by atoms with Crippen LogP contribution in [-0.4, -0.2) is 26.4 Å². The van der Waals surface area contributed by atoms with E-state index in [1.54, 1.807) is 33.3 Å². The molecule has 0 fully saturated rings. The van der Waals surface area contributed by atoms with Gasteiger partial charge in [0.15, 0.2) is 6.29 Å². The summed E-state index contributed by atoms with van der Waals surface area (Å²) in [6, 6.07) is 1.71. The molecule has 0 bridgehead atoms. The van der Waals surface area contributed by atoms with Gasteiger partial charge in [0.25, 0.3) is 0 Å². The third-order valence-corrected chi connectivity index (χ3v) is 3.31. The van der Waals surface area contributed by atoms with Crippen molar-refractivity contribution < 1.29 is 14.3 Å². The van der Waals surface area contributed by atoms with E-state index in [4.69, 9.17) is 11.5 Å². The molecule has 5 N–H and O–H groups in total. The normalized spacial score (nSPS) is 10.9. The molecular formula is C14H21N3O3S. The highest BCUT2D eigenvalue weighted by molar-refractivity contribution is 7.15. The number of methoxy groups -OCH3 is 1. The lowest BCUT2D eigenvalue weighted by molar-refractivity contribution is -0.115. The minimum Gasteiger partial charge on any atom is -0.405 e. The Morgan fingerprint density at radius 2 is 2.05 bits per heavy atom. The number of allylic oxidation sites excluding steroid dienone is 2. The Morgan fingerprint density at radius 3 is 2.48 bits per heavy atom. The number of carbonyl (C=O) groups excluding carboxylic acids is 2. The fourth-order valence-electron chi connectivity index (χ4n) is 1.29. The van der Waals surface area contributed by atoms with Crippen LogP contribution in [0.25, 0.3) is 5.57 Å². The highest BCUT2D eigenvalue weighted by Gasteiger charge is 2.12. The molecule has 0 aromatic carbocycles. The summed E-state index contributed by atoms with van der Waals surface area (Å²) in [6.45, 7) is 1.74. The fraction of sp³-hybridized carbons (Fsp3) is 0.286. The van der Waals surface area contributed by atoms with Crippen molar-refractivity contribution in [3.8, 4) is 0 Å². The molecule has 1 rings (SSSR count). The Labute approximate surface area is 128 Å². The summed E-state index contributed by atoms with van der Waals surface area (Å²) in [6.07, 6.45) is 5.45. The van der Waals surface area contributed by atoms with Crippen molar-refractivity contribution in [2.45, 2.75) is 13.3 Å². The topological polar surface area (TPSA) is 107 Å². The van der Waals surface area contributed by atoms with E-state index in [2.05, 4.69) is 10.1 Å². The Kier molecular flexibility index (Phi) is 9.57. The fourth-order valence-corrected chi connectivity index (χ4v) is 2.23. The van der Waals surface area contributed by atoms with E-state index in [1.807, 2.05) is 0 Å². The molecule has 1 heterocycles. The molecule has 0 aliphatic rings. The first kappa shape index (κ1) is 18.9. The smallest absolute Gasteiger partial charge is 0.224 e. The molecule has 0 saturated heterocycles. The molecule has 0 unspecified atom stereocenters. The minimum absolute atomic E-state index is 0.143. The van der Waals surface area contributed by atoms with Gasteiger partial charge in [-0.05, 0) is 18.3 Å². The summed E-state index contributed by atoms with van der Waals surface area (Å²) in [7, 11) is 3.25. The molecule has 0 aliphatic heterocycles. The number of rotatable bonds is 5. The Morgan fingerprint density at radius 1 is 1.43 bits per heavy atom. The summed E-state index contributed by atoms with van der Waals surface area (Å²) >= 11 is 1.25. The van der Waals surface area contributed by atoms with Crippen LogP contribution < -0.4 is 16.8 Å². The molecule has 1 aromatic rings. The van der Waals surface area contributed by atoms with E-state index >= 15 is 0 Å². The van der Waals surface area contributed by atoms with E-state index in [9.17, 15) is 9.59 Å². The maximum atomic E-state index is 11.3. The van der Waals surface area contributed by atoms with Crippen LogP contribution in [-0.2, 0) is 9.53 Å². The molecule has 0 atom stereocenters. The second-order valence-corrected chi connectivity index (χ2v) is 4.88. The van der Waals surface area contributed by atoms with E-state index in [1.165, 1.54) is 23.7 Å². The SMILES string of the molecule is CCC(=O)Nc1cc(C(/C=C\N)=C/N)sc1C=O.COC. The largest absolute Gasteiger partial charge is 0.405 e. The Bertz CT molecular complexity index is 522. The highest BCUT2D eigenvalue weighted by atomic mass is 32.1. The summed E-state index contributed by atoms with van der Waals surface area (Å²) in [5, 5.41) is 2.67. The van der Waals surface area contributed by atoms with Crippen molar-refractivity contribution in [3.63, 3.8) is 0 Å².